The third kappa shape index (κ3) is 4.11. The molecule has 2 amide bonds. The lowest BCUT2D eigenvalue weighted by Gasteiger charge is -2.27. The van der Waals surface area contributed by atoms with Crippen LogP contribution in [0.15, 0.2) is 0 Å². The number of carboxylic acid groups (broad SMARTS) is 1. The summed E-state index contributed by atoms with van der Waals surface area (Å²) >= 11 is 0. The van der Waals surface area contributed by atoms with Gasteiger partial charge >= 0.3 is 12.0 Å². The van der Waals surface area contributed by atoms with Gasteiger partial charge in [0.15, 0.2) is 0 Å². The maximum Gasteiger partial charge on any atom is 0.319 e. The van der Waals surface area contributed by atoms with E-state index in [9.17, 15) is 9.59 Å². The molecule has 0 aromatic rings. The first kappa shape index (κ1) is 12.7. The number of hydrogen-bond donors (Lipinski definition) is 1. The van der Waals surface area contributed by atoms with Crippen LogP contribution in [0.2, 0.25) is 0 Å². The molecule has 1 N–H and O–H groups in total. The van der Waals surface area contributed by atoms with Gasteiger partial charge in [-0.3, -0.25) is 4.79 Å². The Balaban J connectivity index is 4.05. The smallest absolute Gasteiger partial charge is 0.319 e. The summed E-state index contributed by atoms with van der Waals surface area (Å²) in [7, 11) is 3.30. The fraction of sp³-hybridized carbons (Fsp3) is 0.778. The lowest BCUT2D eigenvalue weighted by atomic mass is 10.3. The van der Waals surface area contributed by atoms with E-state index in [0.29, 0.717) is 0 Å². The van der Waals surface area contributed by atoms with Gasteiger partial charge in [0.05, 0.1) is 6.42 Å². The molecule has 82 valence electrons. The molecule has 0 bridgehead atoms. The Kier molecular flexibility index (Phi) is 4.97. The Labute approximate surface area is 84.3 Å². The highest BCUT2D eigenvalue weighted by Gasteiger charge is 2.16. The van der Waals surface area contributed by atoms with Crippen molar-refractivity contribution < 1.29 is 14.7 Å². The van der Waals surface area contributed by atoms with Crippen LogP contribution in [0.1, 0.15) is 20.3 Å². The maximum atomic E-state index is 11.6. The quantitative estimate of drug-likeness (QED) is 0.735. The van der Waals surface area contributed by atoms with E-state index >= 15 is 0 Å². The van der Waals surface area contributed by atoms with Crippen LogP contribution in [0.3, 0.4) is 0 Å². The van der Waals surface area contributed by atoms with Crippen molar-refractivity contribution >= 4 is 12.0 Å². The Morgan fingerprint density at radius 1 is 1.29 bits per heavy atom. The van der Waals surface area contributed by atoms with Crippen LogP contribution in [0.5, 0.6) is 0 Å². The fourth-order valence-electron chi connectivity index (χ4n) is 0.849. The molecular formula is C9H18N2O3. The van der Waals surface area contributed by atoms with Gasteiger partial charge in [-0.05, 0) is 13.8 Å². The van der Waals surface area contributed by atoms with E-state index in [0.717, 1.165) is 0 Å². The van der Waals surface area contributed by atoms with Crippen molar-refractivity contribution in [3.8, 4) is 0 Å². The average molecular weight is 202 g/mol. The van der Waals surface area contributed by atoms with Gasteiger partial charge in [0.1, 0.15) is 0 Å². The topological polar surface area (TPSA) is 60.9 Å². The third-order valence-corrected chi connectivity index (χ3v) is 2.06. The number of amides is 2. The molecule has 0 aliphatic heterocycles. The predicted molar refractivity (Wildman–Crippen MR) is 53.2 cm³/mol. The van der Waals surface area contributed by atoms with E-state index in [-0.39, 0.29) is 25.0 Å². The van der Waals surface area contributed by atoms with Crippen LogP contribution in [0.4, 0.5) is 4.79 Å². The van der Waals surface area contributed by atoms with Crippen molar-refractivity contribution in [2.45, 2.75) is 26.3 Å². The summed E-state index contributed by atoms with van der Waals surface area (Å²) in [6, 6.07) is -0.0315. The molecule has 5 nitrogen and oxygen atoms in total. The van der Waals surface area contributed by atoms with Crippen molar-refractivity contribution in [2.24, 2.45) is 0 Å². The minimum atomic E-state index is -0.892. The minimum Gasteiger partial charge on any atom is -0.481 e. The molecule has 0 rings (SSSR count). The zero-order valence-electron chi connectivity index (χ0n) is 9.15. The molecule has 0 atom stereocenters. The summed E-state index contributed by atoms with van der Waals surface area (Å²) in [5.74, 6) is -0.892. The highest BCUT2D eigenvalue weighted by Crippen LogP contribution is 2.00. The predicted octanol–water partition coefficient (Wildman–Crippen LogP) is 0.853. The standard InChI is InChI=1S/C9H18N2O3/c1-7(2)11(4)9(14)10(3)6-5-8(12)13/h7H,5-6H2,1-4H3,(H,12,13). The van der Waals surface area contributed by atoms with Gasteiger partial charge < -0.3 is 14.9 Å². The molecule has 0 aliphatic carbocycles. The van der Waals surface area contributed by atoms with Gasteiger partial charge in [-0.2, -0.15) is 0 Å². The summed E-state index contributed by atoms with van der Waals surface area (Å²) in [6.07, 6.45) is -0.0197. The molecular weight excluding hydrogens is 184 g/mol. The van der Waals surface area contributed by atoms with Crippen molar-refractivity contribution in [2.75, 3.05) is 20.6 Å². The highest BCUT2D eigenvalue weighted by atomic mass is 16.4. The molecule has 0 aromatic heterocycles. The zero-order chi connectivity index (χ0) is 11.3. The zero-order valence-corrected chi connectivity index (χ0v) is 9.15. The van der Waals surface area contributed by atoms with E-state index in [4.69, 9.17) is 5.11 Å². The Hall–Kier alpha value is -1.26. The number of hydrogen-bond acceptors (Lipinski definition) is 2. The third-order valence-electron chi connectivity index (χ3n) is 2.06. The monoisotopic (exact) mass is 202 g/mol. The van der Waals surface area contributed by atoms with Gasteiger partial charge in [0.2, 0.25) is 0 Å². The highest BCUT2D eigenvalue weighted by molar-refractivity contribution is 5.75. The molecule has 0 heterocycles. The van der Waals surface area contributed by atoms with Crippen LogP contribution in [-0.4, -0.2) is 53.6 Å². The number of carboxylic acids is 1. The van der Waals surface area contributed by atoms with E-state index in [1.165, 1.54) is 4.90 Å². The van der Waals surface area contributed by atoms with Gasteiger partial charge in [0.25, 0.3) is 0 Å². The molecule has 0 unspecified atom stereocenters. The van der Waals surface area contributed by atoms with Gasteiger partial charge in [0, 0.05) is 26.7 Å². The van der Waals surface area contributed by atoms with Gasteiger partial charge in [-0.1, -0.05) is 0 Å². The second kappa shape index (κ2) is 5.47. The van der Waals surface area contributed by atoms with Crippen LogP contribution in [0.25, 0.3) is 0 Å². The second-order valence-electron chi connectivity index (χ2n) is 3.55. The minimum absolute atomic E-state index is 0.0197. The molecule has 5 heteroatoms. The number of nitrogens with zero attached hydrogens (tertiary/aromatic N) is 2. The molecule has 14 heavy (non-hydrogen) atoms. The first-order valence-corrected chi connectivity index (χ1v) is 4.56. The number of carbonyl (C=O) groups is 2. The van der Waals surface area contributed by atoms with E-state index in [2.05, 4.69) is 0 Å². The number of carbonyl (C=O) groups excluding carboxylic acids is 1. The molecule has 0 aromatic carbocycles. The lowest BCUT2D eigenvalue weighted by Crippen LogP contribution is -2.42. The first-order valence-electron chi connectivity index (χ1n) is 4.56. The SMILES string of the molecule is CC(C)N(C)C(=O)N(C)CCC(=O)O. The van der Waals surface area contributed by atoms with Crippen LogP contribution < -0.4 is 0 Å². The number of rotatable bonds is 4. The first-order chi connectivity index (χ1) is 6.36. The van der Waals surface area contributed by atoms with E-state index in [1.807, 2.05) is 13.8 Å². The van der Waals surface area contributed by atoms with E-state index < -0.39 is 5.97 Å². The van der Waals surface area contributed by atoms with Crippen LogP contribution in [0, 0.1) is 0 Å². The van der Waals surface area contributed by atoms with Crippen LogP contribution in [-0.2, 0) is 4.79 Å². The molecule has 0 radical (unpaired) electrons. The largest absolute Gasteiger partial charge is 0.481 e. The fourth-order valence-corrected chi connectivity index (χ4v) is 0.849. The molecule has 0 saturated heterocycles. The number of urea groups is 1. The summed E-state index contributed by atoms with van der Waals surface area (Å²) in [5.41, 5.74) is 0. The number of aliphatic carboxylic acids is 1. The van der Waals surface area contributed by atoms with Crippen molar-refractivity contribution in [3.63, 3.8) is 0 Å². The average Bonchev–Trinajstić information content (AvgIpc) is 2.11. The Morgan fingerprint density at radius 2 is 1.79 bits per heavy atom. The summed E-state index contributed by atoms with van der Waals surface area (Å²) < 4.78 is 0. The molecule has 0 spiro atoms. The summed E-state index contributed by atoms with van der Waals surface area (Å²) in [4.78, 5) is 24.8. The molecule has 0 aliphatic rings. The summed E-state index contributed by atoms with van der Waals surface area (Å²) in [6.45, 7) is 4.05. The van der Waals surface area contributed by atoms with Crippen molar-refractivity contribution in [1.29, 1.82) is 0 Å². The Morgan fingerprint density at radius 3 is 2.14 bits per heavy atom. The second-order valence-corrected chi connectivity index (χ2v) is 3.55. The lowest BCUT2D eigenvalue weighted by molar-refractivity contribution is -0.137. The molecule has 0 saturated carbocycles. The maximum absolute atomic E-state index is 11.6. The Bertz CT molecular complexity index is 216. The van der Waals surface area contributed by atoms with E-state index in [1.54, 1.807) is 19.0 Å². The van der Waals surface area contributed by atoms with Gasteiger partial charge in [-0.15, -0.1) is 0 Å². The van der Waals surface area contributed by atoms with Crippen molar-refractivity contribution in [3.05, 3.63) is 0 Å². The van der Waals surface area contributed by atoms with Crippen LogP contribution >= 0.6 is 0 Å². The molecule has 0 fully saturated rings. The normalized spacial score (nSPS) is 10.1. The van der Waals surface area contributed by atoms with Gasteiger partial charge in [-0.25, -0.2) is 4.79 Å². The summed E-state index contributed by atoms with van der Waals surface area (Å²) in [5, 5.41) is 8.44. The van der Waals surface area contributed by atoms with Crippen molar-refractivity contribution in [1.82, 2.24) is 9.80 Å².